The van der Waals surface area contributed by atoms with Gasteiger partial charge in [-0.2, -0.15) is 22.4 Å². The SMILES string of the molecule is C.C.NCCNC(=O)C(Cc1cnc[nH]1)NC1CCCc2cccnc21.NCCNC(=O)C(Cc1cnc[nH]1)NC1CCCc2cccnc21.O=C(NCCNC1=NCCN1)C(Cc1cnc[nH]1)NC1CCCc2cccnc21.[B]I. The third-order valence-electron chi connectivity index (χ3n) is 14.0. The van der Waals surface area contributed by atoms with Crippen LogP contribution in [0.5, 0.6) is 0 Å². The number of aromatic nitrogens is 9. The highest BCUT2D eigenvalue weighted by atomic mass is 127. The predicted octanol–water partition coefficient (Wildman–Crippen LogP) is 2.74. The van der Waals surface area contributed by atoms with Crippen molar-refractivity contribution in [3.63, 3.8) is 0 Å². The molecule has 0 spiro atoms. The van der Waals surface area contributed by atoms with Crippen LogP contribution in [0.2, 0.25) is 0 Å². The van der Waals surface area contributed by atoms with E-state index in [1.807, 2.05) is 36.8 Å². The molecule has 81 heavy (non-hydrogen) atoms. The van der Waals surface area contributed by atoms with E-state index in [2.05, 4.69) is 116 Å². The number of hydrogen-bond acceptors (Lipinski definition) is 17. The zero-order valence-corrected chi connectivity index (χ0v) is 46.9. The first-order chi connectivity index (χ1) is 38.8. The number of carbonyl (C=O) groups is 3. The minimum absolute atomic E-state index is 0. The number of hydrogen-bond donors (Lipinski definition) is 13. The molecule has 10 rings (SSSR count). The van der Waals surface area contributed by atoms with Crippen LogP contribution in [0.4, 0.5) is 0 Å². The van der Waals surface area contributed by atoms with Gasteiger partial charge in [-0.3, -0.25) is 50.3 Å². The van der Waals surface area contributed by atoms with Crippen LogP contribution in [0, 0.1) is 0 Å². The highest BCUT2D eigenvalue weighted by Crippen LogP contribution is 2.31. The number of aryl methyl sites for hydroxylation is 3. The number of guanidine groups is 1. The summed E-state index contributed by atoms with van der Waals surface area (Å²) in [6.07, 6.45) is 26.6. The summed E-state index contributed by atoms with van der Waals surface area (Å²) < 4.78 is 0. The smallest absolute Gasteiger partial charge is 0.237 e. The molecule has 0 aromatic carbocycles. The van der Waals surface area contributed by atoms with Crippen LogP contribution in [-0.4, -0.2) is 145 Å². The first kappa shape index (κ1) is 65.2. The highest BCUT2D eigenvalue weighted by Gasteiger charge is 2.31. The molecular weight excluding hydrogens is 1140 g/mol. The number of nitrogens with zero attached hydrogens (tertiary/aromatic N) is 7. The molecule has 3 amide bonds. The number of nitrogens with two attached hydrogens (primary N) is 2. The Morgan fingerprint density at radius 2 is 0.938 bits per heavy atom. The van der Waals surface area contributed by atoms with Gasteiger partial charge in [0.15, 0.2) is 11.7 Å². The molecule has 6 atom stereocenters. The van der Waals surface area contributed by atoms with Gasteiger partial charge < -0.3 is 53.0 Å². The number of H-pyrrole nitrogens is 3. The van der Waals surface area contributed by atoms with Gasteiger partial charge in [-0.25, -0.2) is 15.0 Å². The Morgan fingerprint density at radius 1 is 0.568 bits per heavy atom. The molecule has 2 radical (unpaired) electrons. The Balaban J connectivity index is 0.000000218. The van der Waals surface area contributed by atoms with Crippen molar-refractivity contribution < 1.29 is 14.4 Å². The number of rotatable bonds is 22. The molecule has 23 nitrogen and oxygen atoms in total. The summed E-state index contributed by atoms with van der Waals surface area (Å²) in [6, 6.07) is 11.5. The Labute approximate surface area is 491 Å². The van der Waals surface area contributed by atoms with Crippen LogP contribution >= 0.6 is 22.4 Å². The standard InChI is InChI=1S/C20H28N8O.2C17H24N6O.2CH4.BI/c29-19(23-7-8-24-20-25-9-10-26-20)17(11-15-12-21-13-27-15)28-16-5-1-3-14-4-2-6-22-18(14)16;2*18-6-8-21-17(24)15(9-13-10-19-11-22-13)23-14-5-1-3-12-4-2-7-20-16(12)14;;;1-2/h2,4,6,12-13,16-17,28H,1,3,5,7-11H2,(H,21,27)(H,23,29)(H2,24,25,26);2*2,4,7,10-11,14-15,23H,1,3,5-6,8-9,18H2,(H,19,22)(H,21,24);2*1H4;. The molecule has 15 N–H and O–H groups in total. The quantitative estimate of drug-likeness (QED) is 0.0264. The molecule has 436 valence electrons. The molecule has 1 aliphatic heterocycles. The van der Waals surface area contributed by atoms with Gasteiger partial charge in [-0.1, -0.05) is 33.1 Å². The van der Waals surface area contributed by atoms with Gasteiger partial charge in [0, 0.05) is 119 Å². The maximum atomic E-state index is 12.9. The second-order valence-corrected chi connectivity index (χ2v) is 19.5. The monoisotopic (exact) mass is 1220 g/mol. The van der Waals surface area contributed by atoms with Crippen molar-refractivity contribution in [3.05, 3.63) is 143 Å². The molecule has 6 aromatic heterocycles. The maximum Gasteiger partial charge on any atom is 0.237 e. The van der Waals surface area contributed by atoms with Gasteiger partial charge >= 0.3 is 0 Å². The number of carbonyl (C=O) groups excluding carboxylic acids is 3. The Bertz CT molecular complexity index is 2640. The van der Waals surface area contributed by atoms with Crippen LogP contribution in [0.25, 0.3) is 0 Å². The van der Waals surface area contributed by atoms with Gasteiger partial charge in [0.1, 0.15) is 0 Å². The number of halogens is 1. The number of amides is 3. The third kappa shape index (κ3) is 20.4. The summed E-state index contributed by atoms with van der Waals surface area (Å²) in [5.74, 6) is 0.693. The first-order valence-electron chi connectivity index (χ1n) is 27.3. The molecule has 0 fully saturated rings. The minimum atomic E-state index is -0.365. The molecule has 6 aromatic rings. The Morgan fingerprint density at radius 3 is 1.26 bits per heavy atom. The molecule has 25 heteroatoms. The number of aromatic amines is 3. The van der Waals surface area contributed by atoms with Gasteiger partial charge in [-0.05, 0) is 92.7 Å². The number of imidazole rings is 3. The molecule has 6 unspecified atom stereocenters. The van der Waals surface area contributed by atoms with Crippen LogP contribution in [0.3, 0.4) is 0 Å². The van der Waals surface area contributed by atoms with Crippen molar-refractivity contribution in [3.8, 4) is 0 Å². The number of aliphatic imine (C=N–C) groups is 1. The van der Waals surface area contributed by atoms with Crippen LogP contribution < -0.4 is 54.0 Å². The lowest BCUT2D eigenvalue weighted by Gasteiger charge is -2.29. The molecule has 0 saturated heterocycles. The van der Waals surface area contributed by atoms with Crippen molar-refractivity contribution in [1.82, 2.24) is 87.4 Å². The summed E-state index contributed by atoms with van der Waals surface area (Å²) in [4.78, 5) is 77.3. The van der Waals surface area contributed by atoms with Crippen molar-refractivity contribution in [2.24, 2.45) is 16.5 Å². The molecule has 0 bridgehead atoms. The maximum absolute atomic E-state index is 12.9. The van der Waals surface area contributed by atoms with Crippen molar-refractivity contribution in [2.75, 3.05) is 52.4 Å². The highest BCUT2D eigenvalue weighted by molar-refractivity contribution is 14.1. The van der Waals surface area contributed by atoms with E-state index in [1.54, 1.807) is 59.9 Å². The number of pyridine rings is 3. The number of nitrogens with one attached hydrogen (secondary N) is 11. The van der Waals surface area contributed by atoms with Gasteiger partial charge in [0.2, 0.25) is 17.7 Å². The molecule has 3 aliphatic carbocycles. The minimum Gasteiger partial charge on any atom is -0.355 e. The van der Waals surface area contributed by atoms with E-state index in [4.69, 9.17) is 11.5 Å². The fourth-order valence-electron chi connectivity index (χ4n) is 10.2. The van der Waals surface area contributed by atoms with E-state index in [-0.39, 0.29) is 68.8 Å². The number of fused-ring (bicyclic) bond motifs is 3. The topological polar surface area (TPSA) is 337 Å². The van der Waals surface area contributed by atoms with Gasteiger partial charge in [0.05, 0.1) is 78.9 Å². The first-order valence-corrected chi connectivity index (χ1v) is 28.6. The van der Waals surface area contributed by atoms with E-state index < -0.39 is 0 Å². The fourth-order valence-corrected chi connectivity index (χ4v) is 10.2. The molecule has 7 heterocycles. The Kier molecular flexibility index (Phi) is 28.9. The third-order valence-corrected chi connectivity index (χ3v) is 14.0. The van der Waals surface area contributed by atoms with Crippen molar-refractivity contribution in [2.45, 2.75) is 128 Å². The predicted molar refractivity (Wildman–Crippen MR) is 326 cm³/mol. The second-order valence-electron chi connectivity index (χ2n) is 19.5. The van der Waals surface area contributed by atoms with E-state index in [0.717, 1.165) is 111 Å². The van der Waals surface area contributed by atoms with E-state index in [0.29, 0.717) is 58.5 Å². The van der Waals surface area contributed by atoms with Gasteiger partial charge in [0.25, 0.3) is 0 Å². The normalized spacial score (nSPS) is 17.5. The van der Waals surface area contributed by atoms with Gasteiger partial charge in [-0.15, -0.1) is 0 Å². The average molecular weight is 1220 g/mol. The lowest BCUT2D eigenvalue weighted by atomic mass is 9.91. The summed E-state index contributed by atoms with van der Waals surface area (Å²) in [5, 5.41) is 25.7. The zero-order valence-electron chi connectivity index (χ0n) is 44.7. The van der Waals surface area contributed by atoms with E-state index in [1.165, 1.54) is 16.7 Å². The second kappa shape index (κ2) is 36.0. The zero-order chi connectivity index (χ0) is 55.4. The van der Waals surface area contributed by atoms with Crippen LogP contribution in [-0.2, 0) is 52.9 Å². The average Bonchev–Trinajstić information content (AvgIpc) is 4.43. The van der Waals surface area contributed by atoms with Crippen LogP contribution in [0.1, 0.15) is 122 Å². The lowest BCUT2D eigenvalue weighted by Crippen LogP contribution is -2.49. The van der Waals surface area contributed by atoms with Crippen LogP contribution in [0.15, 0.2) is 97.6 Å². The summed E-state index contributed by atoms with van der Waals surface area (Å²) >= 11 is 1.65. The van der Waals surface area contributed by atoms with Crippen molar-refractivity contribution >= 4 is 51.8 Å². The molecular formula is C56H84BIN20O3. The summed E-state index contributed by atoms with van der Waals surface area (Å²) in [7, 11) is 0. The van der Waals surface area contributed by atoms with E-state index in [9.17, 15) is 14.4 Å². The Hall–Kier alpha value is -6.65. The molecule has 4 aliphatic rings. The van der Waals surface area contributed by atoms with E-state index >= 15 is 0 Å². The lowest BCUT2D eigenvalue weighted by molar-refractivity contribution is -0.124. The fraction of sp³-hybridized carbons (Fsp3) is 0.500. The summed E-state index contributed by atoms with van der Waals surface area (Å²) in [5.41, 5.74) is 25.2. The summed E-state index contributed by atoms with van der Waals surface area (Å²) in [6.45, 7) is 4.61. The molecule has 0 saturated carbocycles. The van der Waals surface area contributed by atoms with Crippen molar-refractivity contribution in [1.29, 1.82) is 0 Å². The largest absolute Gasteiger partial charge is 0.355 e.